The van der Waals surface area contributed by atoms with Crippen molar-refractivity contribution in [3.63, 3.8) is 0 Å². The van der Waals surface area contributed by atoms with E-state index >= 15 is 0 Å². The third-order valence-electron chi connectivity index (χ3n) is 15.2. The van der Waals surface area contributed by atoms with Gasteiger partial charge in [0, 0.05) is 25.7 Å². The zero-order valence-corrected chi connectivity index (χ0v) is 56.3. The molecule has 0 aromatic rings. The van der Waals surface area contributed by atoms with Gasteiger partial charge in [0.2, 0.25) is 0 Å². The van der Waals surface area contributed by atoms with Crippen molar-refractivity contribution in [2.75, 3.05) is 39.6 Å². The summed E-state index contributed by atoms with van der Waals surface area (Å²) in [6.45, 7) is 13.9. The average Bonchev–Trinajstić information content (AvgIpc) is 3.44. The number of rotatable bonds is 62. The van der Waals surface area contributed by atoms with Crippen molar-refractivity contribution in [3.05, 3.63) is 0 Å². The number of carbonyl (C=O) groups excluding carboxylic acids is 4. The molecule has 17 nitrogen and oxygen atoms in total. The molecule has 0 amide bonds. The largest absolute Gasteiger partial charge is 0.472 e. The summed E-state index contributed by atoms with van der Waals surface area (Å²) in [5, 5.41) is 10.5. The van der Waals surface area contributed by atoms with Crippen LogP contribution in [0.4, 0.5) is 0 Å². The molecule has 498 valence electrons. The molecule has 19 heteroatoms. The number of aliphatic hydroxyl groups is 1. The standard InChI is InChI=1S/C65H126O17P2/c1-9-58(8)44-36-28-21-24-30-38-46-63(68)76-52-61(82-65(70)48-40-32-23-20-27-35-43-57(6)7)54-80-84(73,74)78-50-59(66)49-77-83(71,72)79-53-60(81-64(69)47-39-31-22-19-26-34-42-56(4)5)51-75-62(67)45-37-29-18-16-14-12-10-11-13-15-17-25-33-41-55(2)3/h55-61,66H,9-54H2,1-8H3,(H,71,72)(H,73,74)/t58?,59-,60-,61-/m1/s1. The number of aliphatic hydroxyl groups excluding tert-OH is 1. The van der Waals surface area contributed by atoms with Crippen LogP contribution >= 0.6 is 15.6 Å². The SMILES string of the molecule is CCC(C)CCCCCCCCC(=O)OC[C@H](COP(=O)(O)OC[C@H](O)COP(=O)(O)OC[C@@H](COC(=O)CCCCCCCCCCCCCCCC(C)C)OC(=O)CCCCCCCCC(C)C)OC(=O)CCCCCCCCC(C)C. The van der Waals surface area contributed by atoms with Gasteiger partial charge in [-0.25, -0.2) is 9.13 Å². The highest BCUT2D eigenvalue weighted by Gasteiger charge is 2.30. The van der Waals surface area contributed by atoms with Crippen molar-refractivity contribution in [2.24, 2.45) is 23.7 Å². The van der Waals surface area contributed by atoms with Crippen LogP contribution in [0, 0.1) is 23.7 Å². The second-order valence-electron chi connectivity index (χ2n) is 25.2. The minimum Gasteiger partial charge on any atom is -0.462 e. The minimum absolute atomic E-state index is 0.100. The molecule has 0 spiro atoms. The first-order valence-corrected chi connectivity index (χ1v) is 36.7. The number of hydrogen-bond donors (Lipinski definition) is 3. The summed E-state index contributed by atoms with van der Waals surface area (Å²) < 4.78 is 67.9. The quantitative estimate of drug-likeness (QED) is 0.0222. The van der Waals surface area contributed by atoms with Crippen LogP contribution in [-0.4, -0.2) is 96.7 Å². The number of hydrogen-bond acceptors (Lipinski definition) is 15. The van der Waals surface area contributed by atoms with Gasteiger partial charge in [-0.3, -0.25) is 37.3 Å². The summed E-state index contributed by atoms with van der Waals surface area (Å²) in [6, 6.07) is 0. The van der Waals surface area contributed by atoms with E-state index in [0.29, 0.717) is 37.5 Å². The van der Waals surface area contributed by atoms with Crippen molar-refractivity contribution < 1.29 is 80.2 Å². The second-order valence-corrected chi connectivity index (χ2v) is 28.1. The normalized spacial score (nSPS) is 14.7. The molecule has 0 aliphatic heterocycles. The molecule has 0 rings (SSSR count). The lowest BCUT2D eigenvalue weighted by molar-refractivity contribution is -0.161. The van der Waals surface area contributed by atoms with Gasteiger partial charge in [-0.2, -0.15) is 0 Å². The Bertz CT molecular complexity index is 1680. The maximum atomic E-state index is 13.0. The fourth-order valence-corrected chi connectivity index (χ4v) is 11.2. The lowest BCUT2D eigenvalue weighted by atomic mass is 10.00. The van der Waals surface area contributed by atoms with E-state index in [4.69, 9.17) is 37.0 Å². The molecule has 0 fully saturated rings. The van der Waals surface area contributed by atoms with E-state index in [1.165, 1.54) is 109 Å². The molecule has 0 bridgehead atoms. The number of carbonyl (C=O) groups is 4. The van der Waals surface area contributed by atoms with E-state index in [2.05, 4.69) is 55.4 Å². The second kappa shape index (κ2) is 55.2. The van der Waals surface area contributed by atoms with Crippen molar-refractivity contribution in [3.8, 4) is 0 Å². The summed E-state index contributed by atoms with van der Waals surface area (Å²) in [5.74, 6) is 0.715. The van der Waals surface area contributed by atoms with Gasteiger partial charge in [-0.15, -0.1) is 0 Å². The smallest absolute Gasteiger partial charge is 0.462 e. The van der Waals surface area contributed by atoms with E-state index in [-0.39, 0.29) is 25.7 Å². The number of phosphoric ester groups is 2. The van der Waals surface area contributed by atoms with Gasteiger partial charge in [-0.1, -0.05) is 261 Å². The van der Waals surface area contributed by atoms with Gasteiger partial charge in [-0.05, 0) is 49.4 Å². The maximum absolute atomic E-state index is 13.0. The molecule has 0 aromatic carbocycles. The maximum Gasteiger partial charge on any atom is 0.472 e. The van der Waals surface area contributed by atoms with Crippen molar-refractivity contribution in [1.29, 1.82) is 0 Å². The molecule has 0 aromatic heterocycles. The number of ether oxygens (including phenoxy) is 4. The summed E-state index contributed by atoms with van der Waals surface area (Å²) in [4.78, 5) is 72.2. The van der Waals surface area contributed by atoms with Crippen molar-refractivity contribution in [2.45, 2.75) is 331 Å². The first kappa shape index (κ1) is 82.1. The Balaban J connectivity index is 5.19. The minimum atomic E-state index is -4.95. The van der Waals surface area contributed by atoms with Crippen LogP contribution in [0.1, 0.15) is 312 Å². The van der Waals surface area contributed by atoms with Crippen LogP contribution in [0.5, 0.6) is 0 Å². The Hall–Kier alpha value is -1.94. The Morgan fingerprint density at radius 3 is 0.845 bits per heavy atom. The number of phosphoric acid groups is 2. The molecular weight excluding hydrogens is 1110 g/mol. The molecule has 0 aliphatic rings. The molecule has 0 heterocycles. The first-order chi connectivity index (χ1) is 40.1. The lowest BCUT2D eigenvalue weighted by Gasteiger charge is -2.21. The van der Waals surface area contributed by atoms with Crippen molar-refractivity contribution in [1.82, 2.24) is 0 Å². The Kier molecular flexibility index (Phi) is 53.9. The highest BCUT2D eigenvalue weighted by Crippen LogP contribution is 2.45. The van der Waals surface area contributed by atoms with Crippen LogP contribution in [-0.2, 0) is 65.4 Å². The summed E-state index contributed by atoms with van der Waals surface area (Å²) in [5.41, 5.74) is 0. The number of esters is 4. The van der Waals surface area contributed by atoms with Gasteiger partial charge >= 0.3 is 39.5 Å². The van der Waals surface area contributed by atoms with Gasteiger partial charge in [0.05, 0.1) is 26.4 Å². The fourth-order valence-electron chi connectivity index (χ4n) is 9.57. The third kappa shape index (κ3) is 57.8. The van der Waals surface area contributed by atoms with E-state index in [1.54, 1.807) is 0 Å². The molecule has 84 heavy (non-hydrogen) atoms. The molecule has 3 N–H and O–H groups in total. The zero-order chi connectivity index (χ0) is 62.5. The topological polar surface area (TPSA) is 237 Å². The number of unbranched alkanes of at least 4 members (excludes halogenated alkanes) is 27. The molecule has 0 saturated heterocycles. The third-order valence-corrected chi connectivity index (χ3v) is 17.1. The van der Waals surface area contributed by atoms with Crippen LogP contribution in [0.15, 0.2) is 0 Å². The van der Waals surface area contributed by atoms with Crippen LogP contribution < -0.4 is 0 Å². The summed E-state index contributed by atoms with van der Waals surface area (Å²) >= 11 is 0. The van der Waals surface area contributed by atoms with Gasteiger partial charge < -0.3 is 33.8 Å². The highest BCUT2D eigenvalue weighted by molar-refractivity contribution is 7.47. The van der Waals surface area contributed by atoms with Crippen LogP contribution in [0.2, 0.25) is 0 Å². The zero-order valence-electron chi connectivity index (χ0n) is 54.5. The average molecular weight is 1240 g/mol. The first-order valence-electron chi connectivity index (χ1n) is 33.7. The molecule has 0 radical (unpaired) electrons. The van der Waals surface area contributed by atoms with E-state index in [9.17, 15) is 43.2 Å². The monoisotopic (exact) mass is 1240 g/mol. The molecule has 3 unspecified atom stereocenters. The molecular formula is C65H126O17P2. The molecule has 6 atom stereocenters. The van der Waals surface area contributed by atoms with Crippen LogP contribution in [0.25, 0.3) is 0 Å². The fraction of sp³-hybridized carbons (Fsp3) is 0.938. The predicted octanol–water partition coefficient (Wildman–Crippen LogP) is 17.8. The molecule has 0 aliphatic carbocycles. The highest BCUT2D eigenvalue weighted by atomic mass is 31.2. The predicted molar refractivity (Wildman–Crippen MR) is 335 cm³/mol. The van der Waals surface area contributed by atoms with Gasteiger partial charge in [0.15, 0.2) is 12.2 Å². The Morgan fingerprint density at radius 2 is 0.571 bits per heavy atom. The molecule has 0 saturated carbocycles. The van der Waals surface area contributed by atoms with Gasteiger partial charge in [0.1, 0.15) is 19.3 Å². The summed E-state index contributed by atoms with van der Waals surface area (Å²) in [6.07, 6.45) is 35.2. The van der Waals surface area contributed by atoms with E-state index < -0.39 is 97.5 Å². The van der Waals surface area contributed by atoms with E-state index in [1.807, 2.05) is 0 Å². The van der Waals surface area contributed by atoms with Gasteiger partial charge in [0.25, 0.3) is 0 Å². The Morgan fingerprint density at radius 1 is 0.333 bits per heavy atom. The Labute approximate surface area is 511 Å². The van der Waals surface area contributed by atoms with Crippen LogP contribution in [0.3, 0.4) is 0 Å². The summed E-state index contributed by atoms with van der Waals surface area (Å²) in [7, 11) is -9.89. The van der Waals surface area contributed by atoms with Crippen molar-refractivity contribution >= 4 is 39.5 Å². The lowest BCUT2D eigenvalue weighted by Crippen LogP contribution is -2.30. The van der Waals surface area contributed by atoms with E-state index in [0.717, 1.165) is 108 Å².